The van der Waals surface area contributed by atoms with Crippen molar-refractivity contribution in [2.45, 2.75) is 57.4 Å². The Bertz CT molecular complexity index is 643. The molecule has 6 nitrogen and oxygen atoms in total. The number of esters is 1. The summed E-state index contributed by atoms with van der Waals surface area (Å²) in [7, 11) is -3.85. The monoisotopic (exact) mass is 328 g/mol. The number of sulfonamides is 1. The first-order chi connectivity index (χ1) is 10.3. The molecule has 1 aliphatic rings. The van der Waals surface area contributed by atoms with Gasteiger partial charge in [-0.1, -0.05) is 19.3 Å². The van der Waals surface area contributed by atoms with Crippen molar-refractivity contribution in [1.29, 1.82) is 0 Å². The molecule has 2 N–H and O–H groups in total. The number of nitrogens with zero attached hydrogens (tertiary/aromatic N) is 1. The third kappa shape index (κ3) is 3.70. The van der Waals surface area contributed by atoms with E-state index in [-0.39, 0.29) is 17.2 Å². The number of primary sulfonamides is 1. The lowest BCUT2D eigenvalue weighted by Gasteiger charge is -2.23. The molecular weight excluding hydrogens is 304 g/mol. The lowest BCUT2D eigenvalue weighted by Crippen LogP contribution is -2.20. The summed E-state index contributed by atoms with van der Waals surface area (Å²) in [6.07, 6.45) is 5.81. The minimum Gasteiger partial charge on any atom is -0.461 e. The van der Waals surface area contributed by atoms with Crippen LogP contribution in [-0.4, -0.2) is 25.6 Å². The quantitative estimate of drug-likeness (QED) is 0.839. The largest absolute Gasteiger partial charge is 0.461 e. The molecule has 124 valence electrons. The fourth-order valence-corrected chi connectivity index (χ4v) is 3.94. The van der Waals surface area contributed by atoms with Crippen LogP contribution in [0.25, 0.3) is 0 Å². The van der Waals surface area contributed by atoms with Gasteiger partial charge in [0, 0.05) is 12.2 Å². The van der Waals surface area contributed by atoms with Crippen LogP contribution in [0.2, 0.25) is 0 Å². The van der Waals surface area contributed by atoms with Crippen molar-refractivity contribution in [3.8, 4) is 0 Å². The van der Waals surface area contributed by atoms with Gasteiger partial charge in [0.05, 0.1) is 6.61 Å². The third-order valence-corrected chi connectivity index (χ3v) is 5.30. The zero-order chi connectivity index (χ0) is 16.3. The maximum absolute atomic E-state index is 12.1. The summed E-state index contributed by atoms with van der Waals surface area (Å²) in [6, 6.07) is 1.34. The standard InChI is InChI=1S/C15H24N2O4S/c1-3-21-15(18)13-9-14(22(16,19)20)11(2)17(13)10-12-7-5-4-6-8-12/h9,12H,3-8,10H2,1-2H3,(H2,16,19,20). The smallest absolute Gasteiger partial charge is 0.354 e. The zero-order valence-corrected chi connectivity index (χ0v) is 14.0. The SMILES string of the molecule is CCOC(=O)c1cc(S(N)(=O)=O)c(C)n1CC1CCCCC1. The molecule has 0 bridgehead atoms. The van der Waals surface area contributed by atoms with Crippen molar-refractivity contribution >= 4 is 16.0 Å². The van der Waals surface area contributed by atoms with E-state index < -0.39 is 16.0 Å². The van der Waals surface area contributed by atoms with Crippen LogP contribution in [0, 0.1) is 12.8 Å². The van der Waals surface area contributed by atoms with E-state index in [1.54, 1.807) is 18.4 Å². The van der Waals surface area contributed by atoms with Crippen LogP contribution in [0.15, 0.2) is 11.0 Å². The number of carbonyl (C=O) groups is 1. The first-order valence-electron chi connectivity index (χ1n) is 7.74. The van der Waals surface area contributed by atoms with Crippen LogP contribution in [0.1, 0.15) is 55.2 Å². The predicted octanol–water partition coefficient (Wildman–Crippen LogP) is 2.20. The molecule has 0 saturated heterocycles. The molecule has 0 aliphatic heterocycles. The summed E-state index contributed by atoms with van der Waals surface area (Å²) in [4.78, 5) is 12.1. The highest BCUT2D eigenvalue weighted by atomic mass is 32.2. The molecule has 0 radical (unpaired) electrons. The average Bonchev–Trinajstić information content (AvgIpc) is 2.78. The molecule has 2 rings (SSSR count). The van der Waals surface area contributed by atoms with Crippen molar-refractivity contribution in [2.24, 2.45) is 11.1 Å². The fraction of sp³-hybridized carbons (Fsp3) is 0.667. The number of hydrogen-bond donors (Lipinski definition) is 1. The summed E-state index contributed by atoms with van der Waals surface area (Å²) in [6.45, 7) is 4.29. The van der Waals surface area contributed by atoms with E-state index in [1.165, 1.54) is 25.3 Å². The highest BCUT2D eigenvalue weighted by molar-refractivity contribution is 7.89. The second-order valence-corrected chi connectivity index (χ2v) is 7.39. The van der Waals surface area contributed by atoms with Crippen molar-refractivity contribution in [3.05, 3.63) is 17.5 Å². The van der Waals surface area contributed by atoms with E-state index in [0.29, 0.717) is 18.2 Å². The molecule has 0 spiro atoms. The van der Waals surface area contributed by atoms with Gasteiger partial charge in [-0.05, 0) is 38.7 Å². The first-order valence-corrected chi connectivity index (χ1v) is 9.29. The second kappa shape index (κ2) is 6.83. The molecule has 0 amide bonds. The Balaban J connectivity index is 2.39. The van der Waals surface area contributed by atoms with Crippen LogP contribution in [0.3, 0.4) is 0 Å². The van der Waals surface area contributed by atoms with Gasteiger partial charge in [0.25, 0.3) is 0 Å². The highest BCUT2D eigenvalue weighted by Gasteiger charge is 2.26. The molecule has 1 aromatic rings. The lowest BCUT2D eigenvalue weighted by atomic mass is 9.89. The summed E-state index contributed by atoms with van der Waals surface area (Å²) < 4.78 is 30.2. The molecule has 22 heavy (non-hydrogen) atoms. The molecule has 0 unspecified atom stereocenters. The van der Waals surface area contributed by atoms with Crippen LogP contribution in [0.5, 0.6) is 0 Å². The molecule has 1 fully saturated rings. The van der Waals surface area contributed by atoms with Crippen LogP contribution >= 0.6 is 0 Å². The maximum atomic E-state index is 12.1. The Morgan fingerprint density at radius 1 is 1.36 bits per heavy atom. The molecule has 1 aromatic heterocycles. The molecule has 1 heterocycles. The van der Waals surface area contributed by atoms with Gasteiger partial charge in [0.15, 0.2) is 0 Å². The van der Waals surface area contributed by atoms with Crippen molar-refractivity contribution in [2.75, 3.05) is 6.61 Å². The predicted molar refractivity (Wildman–Crippen MR) is 83.1 cm³/mol. The van der Waals surface area contributed by atoms with Crippen LogP contribution in [-0.2, 0) is 21.3 Å². The normalized spacial score (nSPS) is 16.7. The fourth-order valence-electron chi connectivity index (χ4n) is 3.15. The molecule has 7 heteroatoms. The molecular formula is C15H24N2O4S. The van der Waals surface area contributed by atoms with Crippen LogP contribution in [0.4, 0.5) is 0 Å². The number of aromatic nitrogens is 1. The van der Waals surface area contributed by atoms with Crippen molar-refractivity contribution in [3.63, 3.8) is 0 Å². The van der Waals surface area contributed by atoms with Gasteiger partial charge in [-0.15, -0.1) is 0 Å². The van der Waals surface area contributed by atoms with Crippen molar-refractivity contribution in [1.82, 2.24) is 4.57 Å². The van der Waals surface area contributed by atoms with Gasteiger partial charge in [-0.25, -0.2) is 18.4 Å². The van der Waals surface area contributed by atoms with Crippen molar-refractivity contribution < 1.29 is 17.9 Å². The molecule has 0 atom stereocenters. The first kappa shape index (κ1) is 17.0. The second-order valence-electron chi connectivity index (χ2n) is 5.86. The number of nitrogens with two attached hydrogens (primary N) is 1. The Kier molecular flexibility index (Phi) is 5.28. The Morgan fingerprint density at radius 2 is 2.00 bits per heavy atom. The molecule has 0 aromatic carbocycles. The molecule has 1 saturated carbocycles. The topological polar surface area (TPSA) is 91.4 Å². The van der Waals surface area contributed by atoms with Gasteiger partial charge in [0.1, 0.15) is 10.6 Å². The van der Waals surface area contributed by atoms with E-state index in [2.05, 4.69) is 0 Å². The summed E-state index contributed by atoms with van der Waals surface area (Å²) >= 11 is 0. The van der Waals surface area contributed by atoms with E-state index in [0.717, 1.165) is 12.8 Å². The minimum absolute atomic E-state index is 0.00589. The van der Waals surface area contributed by atoms with Gasteiger partial charge in [0.2, 0.25) is 10.0 Å². The van der Waals surface area contributed by atoms with E-state index in [4.69, 9.17) is 9.88 Å². The zero-order valence-electron chi connectivity index (χ0n) is 13.2. The summed E-state index contributed by atoms with van der Waals surface area (Å²) in [5.74, 6) is -0.0438. The Hall–Kier alpha value is -1.34. The van der Waals surface area contributed by atoms with Gasteiger partial charge < -0.3 is 9.30 Å². The van der Waals surface area contributed by atoms with Crippen LogP contribution < -0.4 is 5.14 Å². The number of hydrogen-bond acceptors (Lipinski definition) is 4. The lowest BCUT2D eigenvalue weighted by molar-refractivity contribution is 0.0511. The Morgan fingerprint density at radius 3 is 2.55 bits per heavy atom. The molecule has 1 aliphatic carbocycles. The van der Waals surface area contributed by atoms with E-state index in [1.807, 2.05) is 0 Å². The van der Waals surface area contributed by atoms with Gasteiger partial charge in [-0.2, -0.15) is 0 Å². The number of ether oxygens (including phenoxy) is 1. The maximum Gasteiger partial charge on any atom is 0.354 e. The third-order valence-electron chi connectivity index (χ3n) is 4.28. The van der Waals surface area contributed by atoms with E-state index >= 15 is 0 Å². The average molecular weight is 328 g/mol. The summed E-state index contributed by atoms with van der Waals surface area (Å²) in [5.41, 5.74) is 0.782. The van der Waals surface area contributed by atoms with Gasteiger partial charge >= 0.3 is 5.97 Å². The number of carbonyl (C=O) groups excluding carboxylic acids is 1. The number of rotatable bonds is 5. The summed E-state index contributed by atoms with van der Waals surface area (Å²) in [5, 5.41) is 5.25. The highest BCUT2D eigenvalue weighted by Crippen LogP contribution is 2.28. The minimum atomic E-state index is -3.85. The Labute approximate surface area is 131 Å². The van der Waals surface area contributed by atoms with E-state index in [9.17, 15) is 13.2 Å². The van der Waals surface area contributed by atoms with Gasteiger partial charge in [-0.3, -0.25) is 0 Å².